The molecule has 1 saturated heterocycles. The molecule has 2 N–H and O–H groups in total. The second kappa shape index (κ2) is 8.20. The highest BCUT2D eigenvalue weighted by molar-refractivity contribution is 9.10. The highest BCUT2D eigenvalue weighted by Crippen LogP contribution is 2.23. The van der Waals surface area contributed by atoms with E-state index >= 15 is 0 Å². The van der Waals surface area contributed by atoms with E-state index in [-0.39, 0.29) is 17.7 Å². The van der Waals surface area contributed by atoms with Crippen molar-refractivity contribution in [1.82, 2.24) is 14.8 Å². The summed E-state index contributed by atoms with van der Waals surface area (Å²) in [6.45, 7) is 2.97. The molecule has 1 aliphatic heterocycles. The van der Waals surface area contributed by atoms with E-state index in [1.54, 1.807) is 11.5 Å². The number of amides is 1. The second-order valence-corrected chi connectivity index (χ2v) is 8.04. The Hall–Kier alpha value is -1.58. The van der Waals surface area contributed by atoms with Crippen LogP contribution in [0.1, 0.15) is 19.8 Å². The number of aromatic amines is 1. The molecule has 2 aromatic rings. The number of benzene rings is 1. The normalized spacial score (nSPS) is 18.2. The minimum absolute atomic E-state index is 0.0292. The molecule has 2 unspecified atom stereocenters. The zero-order valence-corrected chi connectivity index (χ0v) is 16.1. The monoisotopic (exact) mass is 426 g/mol. The quantitative estimate of drug-likeness (QED) is 0.692. The molecule has 0 saturated carbocycles. The maximum Gasteiger partial charge on any atom is 0.344 e. The molecule has 3 rings (SSSR count). The number of thioether (sulfide) groups is 1. The number of hydrogen-bond acceptors (Lipinski definition) is 5. The first-order chi connectivity index (χ1) is 12.0. The van der Waals surface area contributed by atoms with Crippen LogP contribution in [0.2, 0.25) is 0 Å². The smallest absolute Gasteiger partial charge is 0.344 e. The summed E-state index contributed by atoms with van der Waals surface area (Å²) in [6.07, 6.45) is 1.97. The van der Waals surface area contributed by atoms with Gasteiger partial charge in [0.2, 0.25) is 5.91 Å². The second-order valence-electron chi connectivity index (χ2n) is 5.81. The minimum Gasteiger partial charge on any atom is -0.376 e. The van der Waals surface area contributed by atoms with Gasteiger partial charge in [0.05, 0.1) is 17.9 Å². The number of hydrogen-bond donors (Lipinski definition) is 2. The number of rotatable bonds is 6. The summed E-state index contributed by atoms with van der Waals surface area (Å²) in [4.78, 5) is 24.3. The molecule has 1 aromatic carbocycles. The fourth-order valence-corrected chi connectivity index (χ4v) is 3.66. The van der Waals surface area contributed by atoms with Gasteiger partial charge in [-0.05, 0) is 44.0 Å². The summed E-state index contributed by atoms with van der Waals surface area (Å²) in [5.74, 6) is -0.147. The molecule has 1 aromatic heterocycles. The van der Waals surface area contributed by atoms with Crippen LogP contribution in [0.4, 0.5) is 5.69 Å². The van der Waals surface area contributed by atoms with Gasteiger partial charge in [0.25, 0.3) is 0 Å². The van der Waals surface area contributed by atoms with E-state index < -0.39 is 5.25 Å². The zero-order chi connectivity index (χ0) is 17.8. The summed E-state index contributed by atoms with van der Waals surface area (Å²) in [6, 6.07) is 7.36. The number of carbonyl (C=O) groups is 1. The standard InChI is InChI=1S/C16H19BrN4O3S/c1-10(14(22)18-12-6-4-11(17)5-7-12)25-16-20-19-15(23)21(16)9-13-3-2-8-24-13/h4-7,10,13H,2-3,8-9H2,1H3,(H,18,22)(H,19,23). The molecule has 0 bridgehead atoms. The van der Waals surface area contributed by atoms with E-state index in [2.05, 4.69) is 31.4 Å². The minimum atomic E-state index is -0.401. The van der Waals surface area contributed by atoms with Crippen LogP contribution >= 0.6 is 27.7 Å². The Kier molecular flexibility index (Phi) is 5.98. The van der Waals surface area contributed by atoms with Crippen LogP contribution in [0.25, 0.3) is 0 Å². The highest BCUT2D eigenvalue weighted by atomic mass is 79.9. The van der Waals surface area contributed by atoms with E-state index in [0.717, 1.165) is 29.6 Å². The van der Waals surface area contributed by atoms with E-state index in [9.17, 15) is 9.59 Å². The van der Waals surface area contributed by atoms with E-state index in [0.29, 0.717) is 11.7 Å². The first-order valence-electron chi connectivity index (χ1n) is 8.03. The number of carbonyl (C=O) groups excluding carboxylic acids is 1. The van der Waals surface area contributed by atoms with Gasteiger partial charge < -0.3 is 10.1 Å². The number of ether oxygens (including phenoxy) is 1. The van der Waals surface area contributed by atoms with Gasteiger partial charge >= 0.3 is 5.69 Å². The fourth-order valence-electron chi connectivity index (χ4n) is 2.53. The lowest BCUT2D eigenvalue weighted by Crippen LogP contribution is -2.26. The van der Waals surface area contributed by atoms with Gasteiger partial charge in [-0.2, -0.15) is 0 Å². The van der Waals surface area contributed by atoms with Gasteiger partial charge in [0.1, 0.15) is 0 Å². The average Bonchev–Trinajstić information content (AvgIpc) is 3.22. The van der Waals surface area contributed by atoms with Crippen LogP contribution in [0.3, 0.4) is 0 Å². The predicted octanol–water partition coefficient (Wildman–Crippen LogP) is 2.63. The van der Waals surface area contributed by atoms with E-state index in [1.165, 1.54) is 11.8 Å². The third kappa shape index (κ3) is 4.74. The van der Waals surface area contributed by atoms with Crippen molar-refractivity contribution in [2.75, 3.05) is 11.9 Å². The van der Waals surface area contributed by atoms with Crippen molar-refractivity contribution in [1.29, 1.82) is 0 Å². The van der Waals surface area contributed by atoms with Crippen LogP contribution < -0.4 is 11.0 Å². The molecule has 134 valence electrons. The van der Waals surface area contributed by atoms with Crippen molar-refractivity contribution < 1.29 is 9.53 Å². The lowest BCUT2D eigenvalue weighted by Gasteiger charge is -2.14. The van der Waals surface area contributed by atoms with E-state index in [4.69, 9.17) is 4.74 Å². The molecule has 2 heterocycles. The maximum absolute atomic E-state index is 12.4. The van der Waals surface area contributed by atoms with Crippen molar-refractivity contribution in [2.24, 2.45) is 0 Å². The molecule has 1 fully saturated rings. The van der Waals surface area contributed by atoms with Crippen molar-refractivity contribution in [2.45, 2.75) is 42.8 Å². The lowest BCUT2D eigenvalue weighted by molar-refractivity contribution is -0.115. The maximum atomic E-state index is 12.4. The third-order valence-electron chi connectivity index (χ3n) is 3.90. The average molecular weight is 427 g/mol. The Bertz CT molecular complexity index is 783. The Labute approximate surface area is 157 Å². The number of nitrogens with zero attached hydrogens (tertiary/aromatic N) is 2. The summed E-state index contributed by atoms with van der Waals surface area (Å²) in [7, 11) is 0. The summed E-state index contributed by atoms with van der Waals surface area (Å²) in [5.41, 5.74) is 0.443. The predicted molar refractivity (Wildman–Crippen MR) is 99.9 cm³/mol. The lowest BCUT2D eigenvalue weighted by atomic mass is 10.2. The molecular weight excluding hydrogens is 408 g/mol. The number of nitrogens with one attached hydrogen (secondary N) is 2. The molecule has 1 amide bonds. The molecular formula is C16H19BrN4O3S. The SMILES string of the molecule is CC(Sc1n[nH]c(=O)n1CC1CCCO1)C(=O)Nc1ccc(Br)cc1. The molecule has 9 heteroatoms. The Morgan fingerprint density at radius 3 is 2.96 bits per heavy atom. The van der Waals surface area contributed by atoms with Gasteiger partial charge in [-0.3, -0.25) is 9.36 Å². The topological polar surface area (TPSA) is 89.0 Å². The summed E-state index contributed by atoms with van der Waals surface area (Å²) >= 11 is 4.61. The van der Waals surface area contributed by atoms with Crippen LogP contribution in [0, 0.1) is 0 Å². The van der Waals surface area contributed by atoms with E-state index in [1.807, 2.05) is 24.3 Å². The third-order valence-corrected chi connectivity index (χ3v) is 5.52. The number of anilines is 1. The van der Waals surface area contributed by atoms with Gasteiger partial charge in [-0.15, -0.1) is 5.10 Å². The Morgan fingerprint density at radius 1 is 1.52 bits per heavy atom. The number of H-pyrrole nitrogens is 1. The highest BCUT2D eigenvalue weighted by Gasteiger charge is 2.22. The largest absolute Gasteiger partial charge is 0.376 e. The van der Waals surface area contributed by atoms with Crippen LogP contribution in [0.15, 0.2) is 38.7 Å². The molecule has 0 aliphatic carbocycles. The zero-order valence-electron chi connectivity index (χ0n) is 13.7. The van der Waals surface area contributed by atoms with Gasteiger partial charge in [-0.1, -0.05) is 27.7 Å². The van der Waals surface area contributed by atoms with Crippen molar-refractivity contribution in [3.8, 4) is 0 Å². The van der Waals surface area contributed by atoms with Crippen molar-refractivity contribution in [3.05, 3.63) is 39.2 Å². The van der Waals surface area contributed by atoms with Gasteiger partial charge in [0.15, 0.2) is 5.16 Å². The van der Waals surface area contributed by atoms with Crippen LogP contribution in [-0.4, -0.2) is 38.6 Å². The van der Waals surface area contributed by atoms with Crippen LogP contribution in [0.5, 0.6) is 0 Å². The molecule has 0 radical (unpaired) electrons. The first kappa shape index (κ1) is 18.2. The summed E-state index contributed by atoms with van der Waals surface area (Å²) in [5, 5.41) is 9.46. The molecule has 0 spiro atoms. The van der Waals surface area contributed by atoms with Gasteiger partial charge in [-0.25, -0.2) is 9.89 Å². The molecule has 7 nitrogen and oxygen atoms in total. The molecule has 1 aliphatic rings. The number of halogens is 1. The first-order valence-corrected chi connectivity index (χ1v) is 9.70. The molecule has 2 atom stereocenters. The van der Waals surface area contributed by atoms with Crippen LogP contribution in [-0.2, 0) is 16.1 Å². The van der Waals surface area contributed by atoms with Gasteiger partial charge in [0, 0.05) is 16.8 Å². The van der Waals surface area contributed by atoms with Crippen molar-refractivity contribution >= 4 is 39.3 Å². The Morgan fingerprint density at radius 2 is 2.28 bits per heavy atom. The molecule has 25 heavy (non-hydrogen) atoms. The van der Waals surface area contributed by atoms with Crippen molar-refractivity contribution in [3.63, 3.8) is 0 Å². The summed E-state index contributed by atoms with van der Waals surface area (Å²) < 4.78 is 8.08. The fraction of sp³-hybridized carbons (Fsp3) is 0.438. The Balaban J connectivity index is 1.63. The number of aromatic nitrogens is 3.